The van der Waals surface area contributed by atoms with E-state index in [0.717, 1.165) is 22.1 Å². The molecule has 0 aliphatic heterocycles. The number of fused-ring (bicyclic) bond motifs is 1. The predicted octanol–water partition coefficient (Wildman–Crippen LogP) is 4.27. The molecule has 3 aromatic rings. The van der Waals surface area contributed by atoms with Gasteiger partial charge in [-0.05, 0) is 47.4 Å². The van der Waals surface area contributed by atoms with E-state index in [1.165, 1.54) is 5.39 Å². The Balaban J connectivity index is 2.33. The Kier molecular flexibility index (Phi) is 3.45. The molecule has 0 bridgehead atoms. The lowest BCUT2D eigenvalue weighted by atomic mass is 9.81. The highest BCUT2D eigenvalue weighted by Crippen LogP contribution is 2.34. The molecule has 1 amide bonds. The van der Waals surface area contributed by atoms with E-state index in [-0.39, 0.29) is 5.91 Å². The van der Waals surface area contributed by atoms with Gasteiger partial charge in [0.2, 0.25) is 5.91 Å². The Bertz CT molecular complexity index is 835. The summed E-state index contributed by atoms with van der Waals surface area (Å²) in [5, 5.41) is 2.30. The number of hydrogen-bond donors (Lipinski definition) is 1. The number of hydrogen-bond acceptors (Lipinski definition) is 1. The monoisotopic (exact) mass is 289 g/mol. The third kappa shape index (κ3) is 2.37. The lowest BCUT2D eigenvalue weighted by Crippen LogP contribution is -2.35. The van der Waals surface area contributed by atoms with Crippen LogP contribution in [-0.4, -0.2) is 5.91 Å². The van der Waals surface area contributed by atoms with Crippen LogP contribution in [0.2, 0.25) is 0 Å². The standard InChI is InChI=1S/C20H19NO/c1-20(2,19(21)22)16-12-15-10-6-7-11-17(15)18(13-16)14-8-4-3-5-9-14/h3-13H,1-2H3,(H2,21,22). The van der Waals surface area contributed by atoms with Crippen LogP contribution >= 0.6 is 0 Å². The van der Waals surface area contributed by atoms with Crippen LogP contribution in [0, 0.1) is 0 Å². The van der Waals surface area contributed by atoms with E-state index in [2.05, 4.69) is 36.4 Å². The SMILES string of the molecule is CC(C)(C(N)=O)c1cc(-c2ccccc2)c2ccccc2c1. The minimum Gasteiger partial charge on any atom is -0.369 e. The first-order valence-corrected chi connectivity index (χ1v) is 7.39. The molecule has 3 aromatic carbocycles. The number of benzene rings is 3. The highest BCUT2D eigenvalue weighted by Gasteiger charge is 2.28. The summed E-state index contributed by atoms with van der Waals surface area (Å²) in [6.45, 7) is 3.74. The number of rotatable bonds is 3. The summed E-state index contributed by atoms with van der Waals surface area (Å²) in [6, 6.07) is 22.6. The molecule has 2 N–H and O–H groups in total. The molecule has 3 rings (SSSR count). The molecule has 0 unspecified atom stereocenters. The van der Waals surface area contributed by atoms with E-state index in [1.54, 1.807) is 0 Å². The molecule has 0 fully saturated rings. The summed E-state index contributed by atoms with van der Waals surface area (Å²) in [4.78, 5) is 11.8. The fourth-order valence-corrected chi connectivity index (χ4v) is 2.67. The summed E-state index contributed by atoms with van der Waals surface area (Å²) in [7, 11) is 0. The number of primary amides is 1. The maximum Gasteiger partial charge on any atom is 0.227 e. The molecular weight excluding hydrogens is 270 g/mol. The zero-order chi connectivity index (χ0) is 15.7. The van der Waals surface area contributed by atoms with Gasteiger partial charge in [0.15, 0.2) is 0 Å². The van der Waals surface area contributed by atoms with Gasteiger partial charge >= 0.3 is 0 Å². The van der Waals surface area contributed by atoms with Crippen LogP contribution in [0.25, 0.3) is 21.9 Å². The zero-order valence-corrected chi connectivity index (χ0v) is 12.8. The lowest BCUT2D eigenvalue weighted by Gasteiger charge is -2.23. The topological polar surface area (TPSA) is 43.1 Å². The van der Waals surface area contributed by atoms with Gasteiger partial charge in [0.05, 0.1) is 5.41 Å². The summed E-state index contributed by atoms with van der Waals surface area (Å²) in [5.41, 5.74) is 8.10. The molecule has 2 nitrogen and oxygen atoms in total. The van der Waals surface area contributed by atoms with E-state index < -0.39 is 5.41 Å². The first kappa shape index (κ1) is 14.3. The average molecular weight is 289 g/mol. The summed E-state index contributed by atoms with van der Waals surface area (Å²) in [5.74, 6) is -0.318. The maximum atomic E-state index is 11.8. The van der Waals surface area contributed by atoms with Crippen molar-refractivity contribution in [2.45, 2.75) is 19.3 Å². The van der Waals surface area contributed by atoms with Crippen molar-refractivity contribution < 1.29 is 4.79 Å². The molecule has 0 saturated heterocycles. The van der Waals surface area contributed by atoms with Crippen LogP contribution in [0.4, 0.5) is 0 Å². The first-order chi connectivity index (χ1) is 10.5. The number of amides is 1. The first-order valence-electron chi connectivity index (χ1n) is 7.39. The van der Waals surface area contributed by atoms with E-state index >= 15 is 0 Å². The van der Waals surface area contributed by atoms with Crippen LogP contribution in [0.1, 0.15) is 19.4 Å². The fraction of sp³-hybridized carbons (Fsp3) is 0.150. The molecule has 0 aliphatic carbocycles. The van der Waals surface area contributed by atoms with Crippen LogP contribution in [0.5, 0.6) is 0 Å². The molecule has 0 saturated carbocycles. The van der Waals surface area contributed by atoms with Gasteiger partial charge < -0.3 is 5.73 Å². The van der Waals surface area contributed by atoms with Crippen molar-refractivity contribution in [3.05, 3.63) is 72.3 Å². The van der Waals surface area contributed by atoms with Gasteiger partial charge in [0, 0.05) is 0 Å². The quantitative estimate of drug-likeness (QED) is 0.768. The Labute approximate surface area is 130 Å². The van der Waals surface area contributed by atoms with Gasteiger partial charge in [-0.1, -0.05) is 60.7 Å². The third-order valence-electron chi connectivity index (χ3n) is 4.28. The summed E-state index contributed by atoms with van der Waals surface area (Å²) >= 11 is 0. The third-order valence-corrected chi connectivity index (χ3v) is 4.28. The molecule has 0 aromatic heterocycles. The smallest absolute Gasteiger partial charge is 0.227 e. The molecule has 2 heteroatoms. The van der Waals surface area contributed by atoms with Crippen molar-refractivity contribution in [1.82, 2.24) is 0 Å². The van der Waals surface area contributed by atoms with Gasteiger partial charge in [0.1, 0.15) is 0 Å². The lowest BCUT2D eigenvalue weighted by molar-refractivity contribution is -0.122. The van der Waals surface area contributed by atoms with Crippen molar-refractivity contribution >= 4 is 16.7 Å². The summed E-state index contributed by atoms with van der Waals surface area (Å²) < 4.78 is 0. The van der Waals surface area contributed by atoms with Crippen molar-refractivity contribution in [2.75, 3.05) is 0 Å². The van der Waals surface area contributed by atoms with Crippen LogP contribution in [0.3, 0.4) is 0 Å². The van der Waals surface area contributed by atoms with Crippen LogP contribution in [0.15, 0.2) is 66.7 Å². The van der Waals surface area contributed by atoms with E-state index in [9.17, 15) is 4.79 Å². The van der Waals surface area contributed by atoms with Crippen LogP contribution < -0.4 is 5.73 Å². The van der Waals surface area contributed by atoms with Gasteiger partial charge in [-0.25, -0.2) is 0 Å². The van der Waals surface area contributed by atoms with Gasteiger partial charge in [-0.2, -0.15) is 0 Å². The normalized spacial score (nSPS) is 11.5. The highest BCUT2D eigenvalue weighted by molar-refractivity contribution is 5.99. The number of carbonyl (C=O) groups excluding carboxylic acids is 1. The van der Waals surface area contributed by atoms with E-state index in [4.69, 9.17) is 5.73 Å². The van der Waals surface area contributed by atoms with Gasteiger partial charge in [-0.3, -0.25) is 4.79 Å². The number of carbonyl (C=O) groups is 1. The number of nitrogens with two attached hydrogens (primary N) is 1. The highest BCUT2D eigenvalue weighted by atomic mass is 16.1. The maximum absolute atomic E-state index is 11.8. The molecule has 0 atom stereocenters. The van der Waals surface area contributed by atoms with Gasteiger partial charge in [0.25, 0.3) is 0 Å². The predicted molar refractivity (Wildman–Crippen MR) is 91.6 cm³/mol. The molecule has 0 heterocycles. The second-order valence-corrected chi connectivity index (χ2v) is 6.10. The second kappa shape index (κ2) is 5.30. The Morgan fingerprint density at radius 1 is 0.909 bits per heavy atom. The minimum absolute atomic E-state index is 0.318. The average Bonchev–Trinajstić information content (AvgIpc) is 2.54. The van der Waals surface area contributed by atoms with Crippen molar-refractivity contribution in [3.63, 3.8) is 0 Å². The molecule has 22 heavy (non-hydrogen) atoms. The van der Waals surface area contributed by atoms with Crippen molar-refractivity contribution in [2.24, 2.45) is 5.73 Å². The van der Waals surface area contributed by atoms with Crippen LogP contribution in [-0.2, 0) is 10.2 Å². The molecular formula is C20H19NO. The Hall–Kier alpha value is -2.61. The van der Waals surface area contributed by atoms with Gasteiger partial charge in [-0.15, -0.1) is 0 Å². The van der Waals surface area contributed by atoms with Crippen molar-refractivity contribution in [3.8, 4) is 11.1 Å². The molecule has 0 spiro atoms. The largest absolute Gasteiger partial charge is 0.369 e. The van der Waals surface area contributed by atoms with E-state index in [1.807, 2.05) is 44.2 Å². The second-order valence-electron chi connectivity index (χ2n) is 6.10. The van der Waals surface area contributed by atoms with Crippen molar-refractivity contribution in [1.29, 1.82) is 0 Å². The minimum atomic E-state index is -0.701. The fourth-order valence-electron chi connectivity index (χ4n) is 2.67. The van der Waals surface area contributed by atoms with E-state index in [0.29, 0.717) is 0 Å². The Morgan fingerprint density at radius 2 is 1.55 bits per heavy atom. The molecule has 110 valence electrons. The summed E-state index contributed by atoms with van der Waals surface area (Å²) in [6.07, 6.45) is 0. The molecule has 0 radical (unpaired) electrons. The molecule has 0 aliphatic rings. The Morgan fingerprint density at radius 3 is 2.23 bits per heavy atom. The zero-order valence-electron chi connectivity index (χ0n) is 12.8.